The molecule has 6 heteroatoms. The first-order valence-electron chi connectivity index (χ1n) is 11.7. The summed E-state index contributed by atoms with van der Waals surface area (Å²) < 4.78 is 5.18. The number of hydrogen-bond donors (Lipinski definition) is 1. The number of benzene rings is 1. The third-order valence-corrected chi connectivity index (χ3v) is 7.03. The highest BCUT2D eigenvalue weighted by Crippen LogP contribution is 2.35. The number of likely N-dealkylation sites (tertiary alicyclic amines) is 1. The van der Waals surface area contributed by atoms with Crippen molar-refractivity contribution in [3.8, 4) is 5.75 Å². The number of nitrogens with zero attached hydrogens (tertiary/aromatic N) is 1. The van der Waals surface area contributed by atoms with E-state index in [2.05, 4.69) is 0 Å². The molecule has 1 heterocycles. The van der Waals surface area contributed by atoms with Crippen LogP contribution in [-0.4, -0.2) is 46.9 Å². The lowest BCUT2D eigenvalue weighted by Crippen LogP contribution is -2.61. The maximum Gasteiger partial charge on any atom is 0.329 e. The Morgan fingerprint density at radius 2 is 1.74 bits per heavy atom. The summed E-state index contributed by atoms with van der Waals surface area (Å²) >= 11 is 0. The van der Waals surface area contributed by atoms with E-state index in [0.29, 0.717) is 25.8 Å². The van der Waals surface area contributed by atoms with Crippen LogP contribution in [0.2, 0.25) is 0 Å². The monoisotopic (exact) mass is 429 g/mol. The molecule has 6 nitrogen and oxygen atoms in total. The van der Waals surface area contributed by atoms with Crippen molar-refractivity contribution in [2.24, 2.45) is 5.92 Å². The highest BCUT2D eigenvalue weighted by atomic mass is 16.5. The van der Waals surface area contributed by atoms with Crippen LogP contribution in [0, 0.1) is 5.92 Å². The van der Waals surface area contributed by atoms with Gasteiger partial charge >= 0.3 is 5.97 Å². The average Bonchev–Trinajstić information content (AvgIpc) is 2.82. The number of unbranched alkanes of at least 4 members (excludes halogenated alkanes) is 1. The van der Waals surface area contributed by atoms with Gasteiger partial charge in [0.1, 0.15) is 11.3 Å². The molecule has 1 saturated carbocycles. The summed E-state index contributed by atoms with van der Waals surface area (Å²) in [6, 6.07) is 7.88. The molecular weight excluding hydrogens is 394 g/mol. The third kappa shape index (κ3) is 5.46. The number of aliphatic carboxylic acids is 1. The predicted octanol–water partition coefficient (Wildman–Crippen LogP) is 4.39. The Morgan fingerprint density at radius 3 is 2.39 bits per heavy atom. The fourth-order valence-electron chi connectivity index (χ4n) is 5.13. The highest BCUT2D eigenvalue weighted by molar-refractivity contribution is 6.37. The van der Waals surface area contributed by atoms with Gasteiger partial charge in [-0.1, -0.05) is 37.8 Å². The van der Waals surface area contributed by atoms with Gasteiger partial charge in [0.05, 0.1) is 7.11 Å². The van der Waals surface area contributed by atoms with Gasteiger partial charge in [0, 0.05) is 12.5 Å². The van der Waals surface area contributed by atoms with E-state index in [1.807, 2.05) is 24.3 Å². The van der Waals surface area contributed by atoms with E-state index < -0.39 is 17.4 Å². The summed E-state index contributed by atoms with van der Waals surface area (Å²) in [6.07, 6.45) is 9.26. The lowest BCUT2D eigenvalue weighted by Gasteiger charge is -2.44. The Kier molecular flexibility index (Phi) is 8.10. The van der Waals surface area contributed by atoms with Crippen LogP contribution >= 0.6 is 0 Å². The number of carbonyl (C=O) groups excluding carboxylic acids is 2. The van der Waals surface area contributed by atoms with E-state index in [1.54, 1.807) is 7.11 Å². The number of rotatable bonds is 9. The standard InChI is InChI=1S/C25H35NO5/c1-31-21-14-12-19(13-15-21)9-5-6-16-25(24(29)30)17-7-8-18-26(25)23(28)22(27)20-10-3-2-4-11-20/h12-15,20H,2-11,16-18H2,1H3,(H,29,30). The van der Waals surface area contributed by atoms with Crippen molar-refractivity contribution in [1.29, 1.82) is 0 Å². The molecule has 170 valence electrons. The Morgan fingerprint density at radius 1 is 1.03 bits per heavy atom. The molecule has 1 aliphatic heterocycles. The number of Topliss-reactive ketones (excluding diaryl/α,β-unsaturated/α-hetero) is 1. The first-order valence-corrected chi connectivity index (χ1v) is 11.7. The molecule has 2 fully saturated rings. The van der Waals surface area contributed by atoms with E-state index >= 15 is 0 Å². The van der Waals surface area contributed by atoms with Crippen molar-refractivity contribution < 1.29 is 24.2 Å². The van der Waals surface area contributed by atoms with Crippen molar-refractivity contribution in [3.63, 3.8) is 0 Å². The molecule has 1 N–H and O–H groups in total. The number of ether oxygens (including phenoxy) is 1. The molecule has 0 bridgehead atoms. The van der Waals surface area contributed by atoms with Crippen LogP contribution in [0.15, 0.2) is 24.3 Å². The summed E-state index contributed by atoms with van der Waals surface area (Å²) in [7, 11) is 1.64. The van der Waals surface area contributed by atoms with Gasteiger partial charge in [-0.2, -0.15) is 0 Å². The number of carboxylic acid groups (broad SMARTS) is 1. The largest absolute Gasteiger partial charge is 0.497 e. The molecule has 0 radical (unpaired) electrons. The minimum Gasteiger partial charge on any atom is -0.497 e. The van der Waals surface area contributed by atoms with Crippen LogP contribution < -0.4 is 4.74 Å². The number of carboxylic acids is 1. The van der Waals surface area contributed by atoms with Crippen molar-refractivity contribution in [1.82, 2.24) is 4.90 Å². The highest BCUT2D eigenvalue weighted by Gasteiger charge is 2.49. The summed E-state index contributed by atoms with van der Waals surface area (Å²) in [4.78, 5) is 39.8. The second kappa shape index (κ2) is 10.8. The van der Waals surface area contributed by atoms with Gasteiger partial charge in [-0.25, -0.2) is 4.79 Å². The number of hydrogen-bond acceptors (Lipinski definition) is 4. The number of carbonyl (C=O) groups is 3. The molecule has 1 atom stereocenters. The molecule has 1 aromatic rings. The van der Waals surface area contributed by atoms with Crippen LogP contribution in [-0.2, 0) is 20.8 Å². The average molecular weight is 430 g/mol. The SMILES string of the molecule is COc1ccc(CCCCC2(C(=O)O)CCCCN2C(=O)C(=O)C2CCCCC2)cc1. The molecule has 31 heavy (non-hydrogen) atoms. The summed E-state index contributed by atoms with van der Waals surface area (Å²) in [6.45, 7) is 0.363. The molecule has 1 unspecified atom stereocenters. The van der Waals surface area contributed by atoms with Gasteiger partial charge in [-0.3, -0.25) is 9.59 Å². The van der Waals surface area contributed by atoms with E-state index in [0.717, 1.165) is 63.5 Å². The van der Waals surface area contributed by atoms with Crippen LogP contribution in [0.25, 0.3) is 0 Å². The van der Waals surface area contributed by atoms with Gasteiger partial charge in [0.25, 0.3) is 5.91 Å². The smallest absolute Gasteiger partial charge is 0.329 e. The Balaban J connectivity index is 1.64. The molecule has 1 aromatic carbocycles. The maximum absolute atomic E-state index is 13.1. The molecule has 0 aromatic heterocycles. The first-order chi connectivity index (χ1) is 15.0. The number of methoxy groups -OCH3 is 1. The Labute approximate surface area is 185 Å². The maximum atomic E-state index is 13.1. The zero-order valence-corrected chi connectivity index (χ0v) is 18.6. The molecular formula is C25H35NO5. The molecule has 3 rings (SSSR count). The Hall–Kier alpha value is -2.37. The minimum atomic E-state index is -1.25. The number of amides is 1. The summed E-state index contributed by atoms with van der Waals surface area (Å²) in [5.74, 6) is -1.33. The normalized spacial score (nSPS) is 22.2. The van der Waals surface area contributed by atoms with Gasteiger partial charge in [-0.15, -0.1) is 0 Å². The lowest BCUT2D eigenvalue weighted by atomic mass is 9.80. The topological polar surface area (TPSA) is 83.9 Å². The molecule has 1 aliphatic carbocycles. The first kappa shape index (κ1) is 23.3. The van der Waals surface area contributed by atoms with Crippen molar-refractivity contribution in [2.75, 3.05) is 13.7 Å². The summed E-state index contributed by atoms with van der Waals surface area (Å²) in [5.41, 5.74) is -0.0752. The Bertz CT molecular complexity index is 769. The zero-order valence-electron chi connectivity index (χ0n) is 18.6. The van der Waals surface area contributed by atoms with Gasteiger partial charge < -0.3 is 14.7 Å². The lowest BCUT2D eigenvalue weighted by molar-refractivity contribution is -0.166. The van der Waals surface area contributed by atoms with Crippen LogP contribution in [0.3, 0.4) is 0 Å². The number of piperidine rings is 1. The van der Waals surface area contributed by atoms with E-state index in [4.69, 9.17) is 4.74 Å². The second-order valence-corrected chi connectivity index (χ2v) is 9.01. The number of ketones is 1. The van der Waals surface area contributed by atoms with Gasteiger partial charge in [-0.05, 0) is 69.1 Å². The minimum absolute atomic E-state index is 0.232. The zero-order chi connectivity index (χ0) is 22.3. The molecule has 2 aliphatic rings. The number of aryl methyl sites for hydroxylation is 1. The molecule has 1 saturated heterocycles. The fourth-order valence-corrected chi connectivity index (χ4v) is 5.13. The molecule has 0 spiro atoms. The second-order valence-electron chi connectivity index (χ2n) is 9.01. The van der Waals surface area contributed by atoms with Crippen LogP contribution in [0.5, 0.6) is 5.75 Å². The van der Waals surface area contributed by atoms with Crippen LogP contribution in [0.4, 0.5) is 0 Å². The third-order valence-electron chi connectivity index (χ3n) is 7.03. The van der Waals surface area contributed by atoms with E-state index in [-0.39, 0.29) is 11.7 Å². The molecule has 1 amide bonds. The van der Waals surface area contributed by atoms with Gasteiger partial charge in [0.2, 0.25) is 5.78 Å². The van der Waals surface area contributed by atoms with Crippen LogP contribution in [0.1, 0.15) is 76.2 Å². The van der Waals surface area contributed by atoms with E-state index in [1.165, 1.54) is 10.5 Å². The fraction of sp³-hybridized carbons (Fsp3) is 0.640. The van der Waals surface area contributed by atoms with Crippen molar-refractivity contribution in [3.05, 3.63) is 29.8 Å². The van der Waals surface area contributed by atoms with Gasteiger partial charge in [0.15, 0.2) is 0 Å². The van der Waals surface area contributed by atoms with E-state index in [9.17, 15) is 19.5 Å². The summed E-state index contributed by atoms with van der Waals surface area (Å²) in [5, 5.41) is 10.2. The van der Waals surface area contributed by atoms with Crippen molar-refractivity contribution >= 4 is 17.7 Å². The quantitative estimate of drug-likeness (QED) is 0.465. The van der Waals surface area contributed by atoms with Crippen molar-refractivity contribution in [2.45, 2.75) is 82.6 Å². The predicted molar refractivity (Wildman–Crippen MR) is 118 cm³/mol.